The number of nitrogens with zero attached hydrogens (tertiary/aromatic N) is 3. The van der Waals surface area contributed by atoms with E-state index in [1.165, 1.54) is 4.90 Å². The van der Waals surface area contributed by atoms with Crippen molar-refractivity contribution in [1.29, 1.82) is 0 Å². The van der Waals surface area contributed by atoms with Gasteiger partial charge in [0.2, 0.25) is 11.9 Å². The Kier molecular flexibility index (Phi) is 7.89. The zero-order chi connectivity index (χ0) is 23.3. The van der Waals surface area contributed by atoms with Crippen LogP contribution in [0.5, 0.6) is 5.75 Å². The van der Waals surface area contributed by atoms with Gasteiger partial charge in [-0.05, 0) is 47.0 Å². The molecule has 2 amide bonds. The third-order valence-corrected chi connectivity index (χ3v) is 5.90. The maximum atomic E-state index is 12.2. The lowest BCUT2D eigenvalue weighted by molar-refractivity contribution is -0.119. The summed E-state index contributed by atoms with van der Waals surface area (Å²) in [6, 6.07) is 5.31. The molecule has 1 heterocycles. The SMILES string of the molecule is COc1cc(C(=O)N(C)C)ccc1Nc1ncc(Br)c(NC2CCCCC2NC(C)=O)n1. The summed E-state index contributed by atoms with van der Waals surface area (Å²) in [6.07, 6.45) is 5.73. The minimum absolute atomic E-state index is 0.0314. The smallest absolute Gasteiger partial charge is 0.253 e. The zero-order valence-electron chi connectivity index (χ0n) is 18.7. The molecule has 1 aliphatic carbocycles. The summed E-state index contributed by atoms with van der Waals surface area (Å²) in [5.41, 5.74) is 1.17. The fraction of sp³-hybridized carbons (Fsp3) is 0.455. The van der Waals surface area contributed by atoms with Crippen LogP contribution in [0.15, 0.2) is 28.9 Å². The number of aromatic nitrogens is 2. The van der Waals surface area contributed by atoms with E-state index in [2.05, 4.69) is 41.8 Å². The second kappa shape index (κ2) is 10.6. The molecule has 1 fully saturated rings. The number of nitrogens with one attached hydrogen (secondary N) is 3. The third kappa shape index (κ3) is 5.87. The summed E-state index contributed by atoms with van der Waals surface area (Å²) in [6.45, 7) is 1.54. The summed E-state index contributed by atoms with van der Waals surface area (Å²) in [4.78, 5) is 34.3. The predicted molar refractivity (Wildman–Crippen MR) is 128 cm³/mol. The number of rotatable bonds is 7. The molecule has 1 aromatic heterocycles. The molecule has 1 saturated carbocycles. The first-order valence-corrected chi connectivity index (χ1v) is 11.3. The number of halogens is 1. The molecule has 2 aromatic rings. The molecule has 0 spiro atoms. The van der Waals surface area contributed by atoms with Crippen LogP contribution in [0.4, 0.5) is 17.5 Å². The van der Waals surface area contributed by atoms with Gasteiger partial charge in [-0.25, -0.2) is 4.98 Å². The minimum Gasteiger partial charge on any atom is -0.495 e. The highest BCUT2D eigenvalue weighted by molar-refractivity contribution is 9.10. The minimum atomic E-state index is -0.109. The Hall–Kier alpha value is -2.88. The van der Waals surface area contributed by atoms with E-state index < -0.39 is 0 Å². The highest BCUT2D eigenvalue weighted by Gasteiger charge is 2.26. The highest BCUT2D eigenvalue weighted by Crippen LogP contribution is 2.30. The van der Waals surface area contributed by atoms with E-state index in [1.807, 2.05) is 0 Å². The topological polar surface area (TPSA) is 108 Å². The average Bonchev–Trinajstić information content (AvgIpc) is 2.76. The Bertz CT molecular complexity index is 984. The van der Waals surface area contributed by atoms with E-state index in [1.54, 1.807) is 52.5 Å². The Morgan fingerprint density at radius 2 is 1.91 bits per heavy atom. The Balaban J connectivity index is 1.80. The van der Waals surface area contributed by atoms with E-state index in [0.717, 1.165) is 30.2 Å². The maximum Gasteiger partial charge on any atom is 0.253 e. The molecule has 1 aliphatic rings. The first-order valence-electron chi connectivity index (χ1n) is 10.5. The first-order chi connectivity index (χ1) is 15.3. The number of methoxy groups -OCH3 is 1. The van der Waals surface area contributed by atoms with Crippen LogP contribution in [-0.4, -0.2) is 60.0 Å². The lowest BCUT2D eigenvalue weighted by Gasteiger charge is -2.33. The molecule has 10 heteroatoms. The molecule has 3 N–H and O–H groups in total. The van der Waals surface area contributed by atoms with Crippen molar-refractivity contribution in [3.63, 3.8) is 0 Å². The van der Waals surface area contributed by atoms with Gasteiger partial charge < -0.3 is 25.6 Å². The Morgan fingerprint density at radius 3 is 2.56 bits per heavy atom. The fourth-order valence-electron chi connectivity index (χ4n) is 3.75. The molecule has 2 atom stereocenters. The van der Waals surface area contributed by atoms with E-state index in [-0.39, 0.29) is 23.9 Å². The van der Waals surface area contributed by atoms with Crippen LogP contribution in [0.25, 0.3) is 0 Å². The number of anilines is 3. The summed E-state index contributed by atoms with van der Waals surface area (Å²) >= 11 is 3.51. The molecule has 0 radical (unpaired) electrons. The lowest BCUT2D eigenvalue weighted by Crippen LogP contribution is -2.48. The number of carbonyl (C=O) groups is 2. The van der Waals surface area contributed by atoms with Gasteiger partial charge >= 0.3 is 0 Å². The van der Waals surface area contributed by atoms with Gasteiger partial charge in [0.1, 0.15) is 11.6 Å². The van der Waals surface area contributed by atoms with Gasteiger partial charge in [0, 0.05) is 44.9 Å². The maximum absolute atomic E-state index is 12.2. The van der Waals surface area contributed by atoms with Gasteiger partial charge in [-0.3, -0.25) is 9.59 Å². The van der Waals surface area contributed by atoms with Crippen LogP contribution < -0.4 is 20.7 Å². The van der Waals surface area contributed by atoms with Crippen LogP contribution in [0, 0.1) is 0 Å². The van der Waals surface area contributed by atoms with Crippen molar-refractivity contribution < 1.29 is 14.3 Å². The molecular weight excluding hydrogens is 476 g/mol. The second-order valence-electron chi connectivity index (χ2n) is 7.97. The predicted octanol–water partition coefficient (Wildman–Crippen LogP) is 3.55. The fourth-order valence-corrected chi connectivity index (χ4v) is 4.05. The molecule has 9 nitrogen and oxygen atoms in total. The van der Waals surface area contributed by atoms with Crippen LogP contribution in [0.1, 0.15) is 43.0 Å². The Morgan fingerprint density at radius 1 is 1.19 bits per heavy atom. The quantitative estimate of drug-likeness (QED) is 0.528. The zero-order valence-corrected chi connectivity index (χ0v) is 20.3. The first kappa shape index (κ1) is 23.8. The van der Waals surface area contributed by atoms with Gasteiger partial charge in [-0.2, -0.15) is 4.98 Å². The number of hydrogen-bond donors (Lipinski definition) is 3. The number of hydrogen-bond acceptors (Lipinski definition) is 7. The molecule has 1 aromatic carbocycles. The van der Waals surface area contributed by atoms with Crippen molar-refractivity contribution in [2.24, 2.45) is 0 Å². The summed E-state index contributed by atoms with van der Waals surface area (Å²) < 4.78 is 6.19. The van der Waals surface area contributed by atoms with Crippen molar-refractivity contribution in [2.75, 3.05) is 31.8 Å². The van der Waals surface area contributed by atoms with Gasteiger partial charge in [-0.15, -0.1) is 0 Å². The van der Waals surface area contributed by atoms with Crippen molar-refractivity contribution in [1.82, 2.24) is 20.2 Å². The number of benzene rings is 1. The van der Waals surface area contributed by atoms with Gasteiger partial charge in [-0.1, -0.05) is 12.8 Å². The molecule has 0 aliphatic heterocycles. The van der Waals surface area contributed by atoms with Crippen molar-refractivity contribution >= 4 is 45.2 Å². The monoisotopic (exact) mass is 504 g/mol. The van der Waals surface area contributed by atoms with Crippen molar-refractivity contribution in [3.8, 4) is 5.75 Å². The van der Waals surface area contributed by atoms with Crippen LogP contribution in [0.3, 0.4) is 0 Å². The molecule has 2 unspecified atom stereocenters. The van der Waals surface area contributed by atoms with Crippen molar-refractivity contribution in [2.45, 2.75) is 44.7 Å². The number of carbonyl (C=O) groups excluding carboxylic acids is 2. The third-order valence-electron chi connectivity index (χ3n) is 5.32. The lowest BCUT2D eigenvalue weighted by atomic mass is 9.90. The standard InChI is InChI=1S/C22H29BrN6O3/c1-13(30)25-16-7-5-6-8-17(16)26-20-15(23)12-24-22(28-20)27-18-10-9-14(11-19(18)32-4)21(31)29(2)3/h9-12,16-17H,5-8H2,1-4H3,(H,25,30)(H2,24,26,27,28). The Labute approximate surface area is 196 Å². The van der Waals surface area contributed by atoms with Crippen LogP contribution in [0.2, 0.25) is 0 Å². The van der Waals surface area contributed by atoms with Gasteiger partial charge in [0.05, 0.1) is 17.3 Å². The van der Waals surface area contributed by atoms with Gasteiger partial charge in [0.25, 0.3) is 5.91 Å². The molecule has 0 saturated heterocycles. The molecule has 3 rings (SSSR count). The molecule has 172 valence electrons. The summed E-state index contributed by atoms with van der Waals surface area (Å²) in [5.74, 6) is 1.39. The molecule has 32 heavy (non-hydrogen) atoms. The molecular formula is C22H29BrN6O3. The van der Waals surface area contributed by atoms with E-state index in [9.17, 15) is 9.59 Å². The normalized spacial score (nSPS) is 17.9. The van der Waals surface area contributed by atoms with E-state index >= 15 is 0 Å². The number of ether oxygens (including phenoxy) is 1. The van der Waals surface area contributed by atoms with E-state index in [4.69, 9.17) is 4.74 Å². The van der Waals surface area contributed by atoms with E-state index in [0.29, 0.717) is 28.8 Å². The largest absolute Gasteiger partial charge is 0.495 e. The number of amides is 2. The average molecular weight is 505 g/mol. The van der Waals surface area contributed by atoms with Crippen LogP contribution >= 0.6 is 15.9 Å². The molecule has 0 bridgehead atoms. The summed E-state index contributed by atoms with van der Waals surface area (Å²) in [5, 5.41) is 9.67. The van der Waals surface area contributed by atoms with Crippen molar-refractivity contribution in [3.05, 3.63) is 34.4 Å². The van der Waals surface area contributed by atoms with Gasteiger partial charge in [0.15, 0.2) is 0 Å². The van der Waals surface area contributed by atoms with Crippen LogP contribution in [-0.2, 0) is 4.79 Å². The highest BCUT2D eigenvalue weighted by atomic mass is 79.9. The second-order valence-corrected chi connectivity index (χ2v) is 8.83. The summed E-state index contributed by atoms with van der Waals surface area (Å²) in [7, 11) is 4.95.